The molecule has 0 bridgehead atoms. The maximum atomic E-state index is 12.5. The number of likely N-dealkylation sites (tertiary alicyclic amines) is 1. The zero-order valence-corrected chi connectivity index (χ0v) is 14.4. The van der Waals surface area contributed by atoms with Crippen LogP contribution in [0.2, 0.25) is 0 Å². The molecule has 0 aliphatic carbocycles. The molecule has 0 saturated carbocycles. The van der Waals surface area contributed by atoms with Crippen LogP contribution >= 0.6 is 11.8 Å². The second-order valence-electron chi connectivity index (χ2n) is 5.97. The maximum absolute atomic E-state index is 12.5. The Morgan fingerprint density at radius 1 is 1.48 bits per heavy atom. The molecule has 1 heterocycles. The average Bonchev–Trinajstić information content (AvgIpc) is 2.54. The van der Waals surface area contributed by atoms with Gasteiger partial charge in [0.1, 0.15) is 0 Å². The number of anilines is 1. The number of carbonyl (C=O) groups is 2. The van der Waals surface area contributed by atoms with E-state index in [0.29, 0.717) is 24.3 Å². The molecule has 2 rings (SSSR count). The molecule has 1 aromatic rings. The van der Waals surface area contributed by atoms with Gasteiger partial charge < -0.3 is 15.3 Å². The Kier molecular flexibility index (Phi) is 6.47. The SMILES string of the molecule is CSC[C@@H](C)C(=O)Nc1cccc(C(=O)N2CCC[C@@H](O)C2)c1. The molecule has 126 valence electrons. The molecular weight excluding hydrogens is 312 g/mol. The molecule has 0 unspecified atom stereocenters. The van der Waals surface area contributed by atoms with E-state index in [-0.39, 0.29) is 17.7 Å². The van der Waals surface area contributed by atoms with Crippen LogP contribution in [0, 0.1) is 5.92 Å². The molecule has 1 aliphatic rings. The van der Waals surface area contributed by atoms with Gasteiger partial charge in [0.05, 0.1) is 6.10 Å². The minimum atomic E-state index is -0.442. The summed E-state index contributed by atoms with van der Waals surface area (Å²) < 4.78 is 0. The normalized spacial score (nSPS) is 19.3. The summed E-state index contributed by atoms with van der Waals surface area (Å²) in [6, 6.07) is 6.99. The maximum Gasteiger partial charge on any atom is 0.254 e. The van der Waals surface area contributed by atoms with Gasteiger partial charge in [0, 0.05) is 36.0 Å². The van der Waals surface area contributed by atoms with E-state index in [0.717, 1.165) is 18.6 Å². The minimum absolute atomic E-state index is 0.0441. The Bertz CT molecular complexity index is 565. The number of hydrogen-bond acceptors (Lipinski definition) is 4. The van der Waals surface area contributed by atoms with Crippen LogP contribution in [0.25, 0.3) is 0 Å². The van der Waals surface area contributed by atoms with Gasteiger partial charge in [-0.15, -0.1) is 0 Å². The van der Waals surface area contributed by atoms with Crippen molar-refractivity contribution in [1.29, 1.82) is 0 Å². The highest BCUT2D eigenvalue weighted by Crippen LogP contribution is 2.17. The van der Waals surface area contributed by atoms with Gasteiger partial charge in [-0.3, -0.25) is 9.59 Å². The van der Waals surface area contributed by atoms with E-state index in [1.54, 1.807) is 40.9 Å². The van der Waals surface area contributed by atoms with Gasteiger partial charge in [-0.05, 0) is 37.3 Å². The Labute approximate surface area is 141 Å². The fourth-order valence-electron chi connectivity index (χ4n) is 2.64. The summed E-state index contributed by atoms with van der Waals surface area (Å²) in [6.07, 6.45) is 3.08. The first-order chi connectivity index (χ1) is 11.0. The van der Waals surface area contributed by atoms with E-state index in [1.165, 1.54) is 0 Å². The van der Waals surface area contributed by atoms with Crippen molar-refractivity contribution in [3.8, 4) is 0 Å². The van der Waals surface area contributed by atoms with Gasteiger partial charge in [0.15, 0.2) is 0 Å². The first-order valence-electron chi connectivity index (χ1n) is 7.88. The van der Waals surface area contributed by atoms with E-state index in [1.807, 2.05) is 13.2 Å². The Hall–Kier alpha value is -1.53. The van der Waals surface area contributed by atoms with Crippen molar-refractivity contribution in [1.82, 2.24) is 4.90 Å². The summed E-state index contributed by atoms with van der Waals surface area (Å²) in [4.78, 5) is 26.3. The Morgan fingerprint density at radius 3 is 2.96 bits per heavy atom. The zero-order chi connectivity index (χ0) is 16.8. The number of hydrogen-bond donors (Lipinski definition) is 2. The molecule has 5 nitrogen and oxygen atoms in total. The molecule has 1 aromatic carbocycles. The number of nitrogens with zero attached hydrogens (tertiary/aromatic N) is 1. The molecule has 2 atom stereocenters. The highest BCUT2D eigenvalue weighted by molar-refractivity contribution is 7.98. The van der Waals surface area contributed by atoms with E-state index in [2.05, 4.69) is 5.32 Å². The minimum Gasteiger partial charge on any atom is -0.391 e. The van der Waals surface area contributed by atoms with Gasteiger partial charge in [-0.25, -0.2) is 0 Å². The molecule has 2 amide bonds. The van der Waals surface area contributed by atoms with Crippen LogP contribution in [-0.2, 0) is 4.79 Å². The molecule has 0 radical (unpaired) electrons. The van der Waals surface area contributed by atoms with E-state index in [4.69, 9.17) is 0 Å². The summed E-state index contributed by atoms with van der Waals surface area (Å²) in [6.45, 7) is 2.92. The number of piperidine rings is 1. The summed E-state index contributed by atoms with van der Waals surface area (Å²) in [5.74, 6) is 0.534. The van der Waals surface area contributed by atoms with Crippen LogP contribution in [0.5, 0.6) is 0 Å². The quantitative estimate of drug-likeness (QED) is 0.865. The lowest BCUT2D eigenvalue weighted by Gasteiger charge is -2.30. The second kappa shape index (κ2) is 8.36. The summed E-state index contributed by atoms with van der Waals surface area (Å²) in [5, 5.41) is 12.6. The third-order valence-electron chi connectivity index (χ3n) is 3.93. The molecule has 1 saturated heterocycles. The first kappa shape index (κ1) is 17.8. The lowest BCUT2D eigenvalue weighted by atomic mass is 10.1. The molecule has 1 aliphatic heterocycles. The monoisotopic (exact) mass is 336 g/mol. The fraction of sp³-hybridized carbons (Fsp3) is 0.529. The molecular formula is C17H24N2O3S. The summed E-state index contributed by atoms with van der Waals surface area (Å²) in [5.41, 5.74) is 1.17. The van der Waals surface area contributed by atoms with Crippen LogP contribution < -0.4 is 5.32 Å². The molecule has 0 spiro atoms. The second-order valence-corrected chi connectivity index (χ2v) is 6.88. The topological polar surface area (TPSA) is 69.6 Å². The highest BCUT2D eigenvalue weighted by atomic mass is 32.2. The number of benzene rings is 1. The standard InChI is InChI=1S/C17H24N2O3S/c1-12(11-23-2)16(21)18-14-6-3-5-13(9-14)17(22)19-8-4-7-15(20)10-19/h3,5-6,9,12,15,20H,4,7-8,10-11H2,1-2H3,(H,18,21)/t12-,15-/m1/s1. The Morgan fingerprint density at radius 2 is 2.26 bits per heavy atom. The lowest BCUT2D eigenvalue weighted by Crippen LogP contribution is -2.42. The predicted molar refractivity (Wildman–Crippen MR) is 93.8 cm³/mol. The van der Waals surface area contributed by atoms with E-state index in [9.17, 15) is 14.7 Å². The number of nitrogens with one attached hydrogen (secondary N) is 1. The van der Waals surface area contributed by atoms with Crippen molar-refractivity contribution < 1.29 is 14.7 Å². The number of aliphatic hydroxyl groups is 1. The largest absolute Gasteiger partial charge is 0.391 e. The number of thioether (sulfide) groups is 1. The molecule has 1 fully saturated rings. The lowest BCUT2D eigenvalue weighted by molar-refractivity contribution is -0.118. The van der Waals surface area contributed by atoms with Crippen molar-refractivity contribution in [3.63, 3.8) is 0 Å². The van der Waals surface area contributed by atoms with Crippen LogP contribution in [0.4, 0.5) is 5.69 Å². The summed E-state index contributed by atoms with van der Waals surface area (Å²) in [7, 11) is 0. The van der Waals surface area contributed by atoms with Gasteiger partial charge in [-0.2, -0.15) is 11.8 Å². The van der Waals surface area contributed by atoms with Crippen LogP contribution in [-0.4, -0.2) is 53.0 Å². The average molecular weight is 336 g/mol. The van der Waals surface area contributed by atoms with Crippen LogP contribution in [0.15, 0.2) is 24.3 Å². The van der Waals surface area contributed by atoms with E-state index < -0.39 is 6.10 Å². The van der Waals surface area contributed by atoms with Crippen molar-refractivity contribution in [2.75, 3.05) is 30.4 Å². The van der Waals surface area contributed by atoms with Crippen LogP contribution in [0.1, 0.15) is 30.1 Å². The van der Waals surface area contributed by atoms with Gasteiger partial charge in [-0.1, -0.05) is 13.0 Å². The zero-order valence-electron chi connectivity index (χ0n) is 13.6. The predicted octanol–water partition coefficient (Wildman–Crippen LogP) is 2.22. The number of amides is 2. The van der Waals surface area contributed by atoms with Gasteiger partial charge in [0.25, 0.3) is 5.91 Å². The third kappa shape index (κ3) is 4.97. The van der Waals surface area contributed by atoms with Crippen molar-refractivity contribution in [3.05, 3.63) is 29.8 Å². The molecule has 6 heteroatoms. The van der Waals surface area contributed by atoms with Crippen molar-refractivity contribution in [2.24, 2.45) is 5.92 Å². The number of carbonyl (C=O) groups excluding carboxylic acids is 2. The summed E-state index contributed by atoms with van der Waals surface area (Å²) >= 11 is 1.63. The number of β-amino-alcohol motifs (C(OH)–C–C–N with tert-alkyl or cyclic N) is 1. The third-order valence-corrected chi connectivity index (χ3v) is 4.76. The van der Waals surface area contributed by atoms with Crippen molar-refractivity contribution in [2.45, 2.75) is 25.9 Å². The fourth-order valence-corrected chi connectivity index (χ4v) is 3.29. The molecule has 0 aromatic heterocycles. The van der Waals surface area contributed by atoms with Gasteiger partial charge >= 0.3 is 0 Å². The molecule has 23 heavy (non-hydrogen) atoms. The van der Waals surface area contributed by atoms with Crippen molar-refractivity contribution >= 4 is 29.3 Å². The Balaban J connectivity index is 2.04. The van der Waals surface area contributed by atoms with Crippen LogP contribution in [0.3, 0.4) is 0 Å². The number of aliphatic hydroxyl groups excluding tert-OH is 1. The first-order valence-corrected chi connectivity index (χ1v) is 9.28. The molecule has 2 N–H and O–H groups in total. The number of rotatable bonds is 5. The smallest absolute Gasteiger partial charge is 0.254 e. The van der Waals surface area contributed by atoms with Gasteiger partial charge in [0.2, 0.25) is 5.91 Å². The highest BCUT2D eigenvalue weighted by Gasteiger charge is 2.23. The van der Waals surface area contributed by atoms with E-state index >= 15 is 0 Å².